The molecule has 0 aliphatic carbocycles. The Labute approximate surface area is 103 Å². The molecule has 1 saturated heterocycles. The Morgan fingerprint density at radius 3 is 3.06 bits per heavy atom. The first-order chi connectivity index (χ1) is 8.11. The Bertz CT molecular complexity index is 446. The minimum absolute atomic E-state index is 0.0554. The van der Waals surface area contributed by atoms with Gasteiger partial charge in [0.05, 0.1) is 7.11 Å². The number of likely N-dealkylation sites (tertiary alicyclic amines) is 1. The van der Waals surface area contributed by atoms with Gasteiger partial charge in [-0.25, -0.2) is 9.78 Å². The normalized spacial score (nSPS) is 19.5. The van der Waals surface area contributed by atoms with E-state index in [-0.39, 0.29) is 17.6 Å². The van der Waals surface area contributed by atoms with E-state index >= 15 is 0 Å². The van der Waals surface area contributed by atoms with Crippen LogP contribution in [0.4, 0.5) is 5.13 Å². The van der Waals surface area contributed by atoms with Gasteiger partial charge in [0.1, 0.15) is 6.04 Å². The highest BCUT2D eigenvalue weighted by Crippen LogP contribution is 2.20. The summed E-state index contributed by atoms with van der Waals surface area (Å²) >= 11 is 1.29. The number of hydrogen-bond donors (Lipinski definition) is 1. The molecule has 17 heavy (non-hydrogen) atoms. The molecule has 1 aliphatic rings. The highest BCUT2D eigenvalue weighted by Gasteiger charge is 2.29. The molecule has 2 rings (SSSR count). The number of aromatic nitrogens is 1. The number of nitrogens with zero attached hydrogens (tertiary/aromatic N) is 2. The standard InChI is InChI=1S/C10H13N3O3S/c1-13-4-3-6(8(13)14)11-10-12-7(5-17-10)9(15)16-2/h5-6H,3-4H2,1-2H3,(H,11,12). The zero-order valence-electron chi connectivity index (χ0n) is 9.60. The number of rotatable bonds is 3. The second-order valence-electron chi connectivity index (χ2n) is 3.77. The number of esters is 1. The van der Waals surface area contributed by atoms with Crippen molar-refractivity contribution in [1.29, 1.82) is 0 Å². The second-order valence-corrected chi connectivity index (χ2v) is 4.63. The topological polar surface area (TPSA) is 71.5 Å². The fraction of sp³-hybridized carbons (Fsp3) is 0.500. The lowest BCUT2D eigenvalue weighted by molar-refractivity contribution is -0.127. The molecule has 1 aliphatic heterocycles. The average Bonchev–Trinajstić information content (AvgIpc) is 2.91. The average molecular weight is 255 g/mol. The smallest absolute Gasteiger partial charge is 0.357 e. The molecule has 0 saturated carbocycles. The summed E-state index contributed by atoms with van der Waals surface area (Å²) in [5.41, 5.74) is 0.263. The quantitative estimate of drug-likeness (QED) is 0.800. The number of carbonyl (C=O) groups excluding carboxylic acids is 2. The van der Waals surface area contributed by atoms with E-state index < -0.39 is 5.97 Å². The maximum atomic E-state index is 11.7. The molecule has 0 radical (unpaired) electrons. The van der Waals surface area contributed by atoms with E-state index in [1.807, 2.05) is 0 Å². The van der Waals surface area contributed by atoms with Crippen LogP contribution in [-0.4, -0.2) is 48.5 Å². The van der Waals surface area contributed by atoms with Crippen LogP contribution in [0.3, 0.4) is 0 Å². The number of likely N-dealkylation sites (N-methyl/N-ethyl adjacent to an activating group) is 1. The molecule has 6 nitrogen and oxygen atoms in total. The lowest BCUT2D eigenvalue weighted by Crippen LogP contribution is -2.30. The van der Waals surface area contributed by atoms with Gasteiger partial charge < -0.3 is 15.0 Å². The Morgan fingerprint density at radius 1 is 1.71 bits per heavy atom. The molecule has 1 amide bonds. The first-order valence-electron chi connectivity index (χ1n) is 5.17. The van der Waals surface area contributed by atoms with Crippen LogP contribution in [0.1, 0.15) is 16.9 Å². The van der Waals surface area contributed by atoms with Crippen molar-refractivity contribution in [2.45, 2.75) is 12.5 Å². The molecule has 1 unspecified atom stereocenters. The van der Waals surface area contributed by atoms with Crippen LogP contribution in [-0.2, 0) is 9.53 Å². The highest BCUT2D eigenvalue weighted by molar-refractivity contribution is 7.13. The molecule has 0 bridgehead atoms. The van der Waals surface area contributed by atoms with E-state index in [2.05, 4.69) is 15.0 Å². The molecule has 2 heterocycles. The minimum Gasteiger partial charge on any atom is -0.464 e. The van der Waals surface area contributed by atoms with E-state index in [4.69, 9.17) is 0 Å². The monoisotopic (exact) mass is 255 g/mol. The number of anilines is 1. The summed E-state index contributed by atoms with van der Waals surface area (Å²) < 4.78 is 4.56. The van der Waals surface area contributed by atoms with Gasteiger partial charge in [-0.15, -0.1) is 11.3 Å². The Kier molecular flexibility index (Phi) is 3.28. The maximum absolute atomic E-state index is 11.7. The summed E-state index contributed by atoms with van der Waals surface area (Å²) in [6.45, 7) is 0.742. The minimum atomic E-state index is -0.468. The van der Waals surface area contributed by atoms with Crippen LogP contribution in [0.15, 0.2) is 5.38 Å². The Balaban J connectivity index is 2.02. The van der Waals surface area contributed by atoms with Gasteiger partial charge >= 0.3 is 5.97 Å². The van der Waals surface area contributed by atoms with Gasteiger partial charge in [0.2, 0.25) is 5.91 Å². The van der Waals surface area contributed by atoms with Crippen molar-refractivity contribution in [3.63, 3.8) is 0 Å². The zero-order chi connectivity index (χ0) is 12.4. The molecule has 1 aromatic heterocycles. The number of amides is 1. The van der Waals surface area contributed by atoms with Gasteiger partial charge in [0, 0.05) is 19.0 Å². The third kappa shape index (κ3) is 2.38. The Morgan fingerprint density at radius 2 is 2.47 bits per heavy atom. The second kappa shape index (κ2) is 4.70. The van der Waals surface area contributed by atoms with Gasteiger partial charge in [0.15, 0.2) is 10.8 Å². The van der Waals surface area contributed by atoms with Gasteiger partial charge in [-0.1, -0.05) is 0 Å². The van der Waals surface area contributed by atoms with Crippen LogP contribution < -0.4 is 5.32 Å². The first-order valence-corrected chi connectivity index (χ1v) is 6.05. The third-order valence-electron chi connectivity index (χ3n) is 2.62. The molecule has 1 N–H and O–H groups in total. The van der Waals surface area contributed by atoms with Crippen LogP contribution >= 0.6 is 11.3 Å². The van der Waals surface area contributed by atoms with Crippen molar-refractivity contribution in [3.05, 3.63) is 11.1 Å². The van der Waals surface area contributed by atoms with Crippen molar-refractivity contribution < 1.29 is 14.3 Å². The van der Waals surface area contributed by atoms with Crippen molar-refractivity contribution in [2.75, 3.05) is 26.0 Å². The van der Waals surface area contributed by atoms with Crippen LogP contribution in [0.25, 0.3) is 0 Å². The predicted molar refractivity (Wildman–Crippen MR) is 63.1 cm³/mol. The first kappa shape index (κ1) is 11.8. The van der Waals surface area contributed by atoms with Crippen molar-refractivity contribution in [2.24, 2.45) is 0 Å². The van der Waals surface area contributed by atoms with Crippen LogP contribution in [0.5, 0.6) is 0 Å². The molecular weight excluding hydrogens is 242 g/mol. The lowest BCUT2D eigenvalue weighted by Gasteiger charge is -2.10. The van der Waals surface area contributed by atoms with E-state index in [0.29, 0.717) is 5.13 Å². The van der Waals surface area contributed by atoms with Crippen molar-refractivity contribution in [1.82, 2.24) is 9.88 Å². The van der Waals surface area contributed by atoms with Gasteiger partial charge in [-0.2, -0.15) is 0 Å². The number of ether oxygens (including phenoxy) is 1. The predicted octanol–water partition coefficient (Wildman–Crippen LogP) is 0.572. The molecule has 7 heteroatoms. The number of nitrogens with one attached hydrogen (secondary N) is 1. The fourth-order valence-electron chi connectivity index (χ4n) is 1.64. The van der Waals surface area contributed by atoms with E-state index in [1.54, 1.807) is 17.3 Å². The number of thiazole rings is 1. The highest BCUT2D eigenvalue weighted by atomic mass is 32.1. The number of hydrogen-bond acceptors (Lipinski definition) is 6. The molecule has 1 aromatic rings. The van der Waals surface area contributed by atoms with Crippen LogP contribution in [0, 0.1) is 0 Å². The van der Waals surface area contributed by atoms with E-state index in [1.165, 1.54) is 18.4 Å². The van der Waals surface area contributed by atoms with E-state index in [9.17, 15) is 9.59 Å². The van der Waals surface area contributed by atoms with Crippen molar-refractivity contribution >= 4 is 28.3 Å². The number of methoxy groups -OCH3 is 1. The van der Waals surface area contributed by atoms with Gasteiger partial charge in [-0.3, -0.25) is 4.79 Å². The summed E-state index contributed by atoms with van der Waals surface area (Å²) in [6, 6.07) is -0.239. The Hall–Kier alpha value is -1.63. The van der Waals surface area contributed by atoms with Crippen LogP contribution in [0.2, 0.25) is 0 Å². The third-order valence-corrected chi connectivity index (χ3v) is 3.40. The fourth-order valence-corrected chi connectivity index (χ4v) is 2.38. The lowest BCUT2D eigenvalue weighted by atomic mass is 10.2. The largest absolute Gasteiger partial charge is 0.464 e. The number of carbonyl (C=O) groups is 2. The molecule has 0 aromatic carbocycles. The zero-order valence-corrected chi connectivity index (χ0v) is 10.4. The van der Waals surface area contributed by atoms with Crippen molar-refractivity contribution in [3.8, 4) is 0 Å². The summed E-state index contributed by atoms with van der Waals surface area (Å²) in [5.74, 6) is -0.413. The molecular formula is C10H13N3O3S. The van der Waals surface area contributed by atoms with E-state index in [0.717, 1.165) is 13.0 Å². The summed E-state index contributed by atoms with van der Waals surface area (Å²) in [7, 11) is 3.08. The molecule has 1 fully saturated rings. The molecule has 92 valence electrons. The molecule has 1 atom stereocenters. The van der Waals surface area contributed by atoms with Gasteiger partial charge in [0.25, 0.3) is 0 Å². The summed E-state index contributed by atoms with van der Waals surface area (Å²) in [6.07, 6.45) is 0.752. The summed E-state index contributed by atoms with van der Waals surface area (Å²) in [5, 5.41) is 5.21. The van der Waals surface area contributed by atoms with Gasteiger partial charge in [-0.05, 0) is 6.42 Å². The SMILES string of the molecule is COC(=O)c1csc(NC2CCN(C)C2=O)n1. The molecule has 0 spiro atoms. The maximum Gasteiger partial charge on any atom is 0.357 e. The summed E-state index contributed by atoms with van der Waals surface area (Å²) in [4.78, 5) is 28.6.